The molecule has 0 spiro atoms. The number of benzene rings is 1. The Bertz CT molecular complexity index is 1150. The topological polar surface area (TPSA) is 46.3 Å². The average Bonchev–Trinajstić information content (AvgIpc) is 3.03. The molecule has 0 fully saturated rings. The van der Waals surface area contributed by atoms with Gasteiger partial charge >= 0.3 is 0 Å². The zero-order valence-electron chi connectivity index (χ0n) is 16.3. The third-order valence-electron chi connectivity index (χ3n) is 5.48. The Balaban J connectivity index is 1.40. The molecule has 1 aromatic carbocycles. The van der Waals surface area contributed by atoms with E-state index < -0.39 is 0 Å². The molecule has 3 aromatic heterocycles. The van der Waals surface area contributed by atoms with Crippen LogP contribution >= 0.6 is 0 Å². The molecule has 0 radical (unpaired) electrons. The standard InChI is InChI=1S/C23H23N5/c1-16-8-9-22-25-17(2)21(28(22)13-16)15-27-11-10-20-19(14-27)12-24-23(26-20)18-6-4-3-5-7-18/h3-9,12-13H,10-11,14-15H2,1-2H3. The molecule has 1 aliphatic rings. The van der Waals surface area contributed by atoms with Gasteiger partial charge in [0, 0.05) is 49.6 Å². The van der Waals surface area contributed by atoms with Gasteiger partial charge in [-0.3, -0.25) is 4.90 Å². The fraction of sp³-hybridized carbons (Fsp3) is 0.261. The minimum atomic E-state index is 0.820. The number of aromatic nitrogens is 4. The van der Waals surface area contributed by atoms with E-state index in [1.165, 1.54) is 22.5 Å². The average molecular weight is 369 g/mol. The van der Waals surface area contributed by atoms with Gasteiger partial charge in [-0.05, 0) is 25.5 Å². The second-order valence-electron chi connectivity index (χ2n) is 7.57. The molecule has 1 aliphatic heterocycles. The number of fused-ring (bicyclic) bond motifs is 2. The van der Waals surface area contributed by atoms with Crippen molar-refractivity contribution in [2.45, 2.75) is 33.4 Å². The zero-order chi connectivity index (χ0) is 19.1. The fourth-order valence-electron chi connectivity index (χ4n) is 3.96. The lowest BCUT2D eigenvalue weighted by Gasteiger charge is -2.28. The van der Waals surface area contributed by atoms with Crippen molar-refractivity contribution in [3.8, 4) is 11.4 Å². The van der Waals surface area contributed by atoms with Crippen molar-refractivity contribution >= 4 is 5.65 Å². The van der Waals surface area contributed by atoms with Gasteiger partial charge in [-0.1, -0.05) is 36.4 Å². The predicted molar refractivity (Wildman–Crippen MR) is 110 cm³/mol. The van der Waals surface area contributed by atoms with Crippen LogP contribution in [0, 0.1) is 13.8 Å². The molecule has 5 heteroatoms. The van der Waals surface area contributed by atoms with Gasteiger partial charge in [0.15, 0.2) is 5.82 Å². The molecule has 0 bridgehead atoms. The predicted octanol–water partition coefficient (Wildman–Crippen LogP) is 3.97. The molecule has 0 saturated heterocycles. The molecule has 0 N–H and O–H groups in total. The van der Waals surface area contributed by atoms with E-state index in [1.54, 1.807) is 0 Å². The Hall–Kier alpha value is -3.05. The molecule has 140 valence electrons. The molecule has 28 heavy (non-hydrogen) atoms. The van der Waals surface area contributed by atoms with E-state index in [-0.39, 0.29) is 0 Å². The minimum Gasteiger partial charge on any atom is -0.302 e. The van der Waals surface area contributed by atoms with E-state index in [0.29, 0.717) is 0 Å². The van der Waals surface area contributed by atoms with Crippen molar-refractivity contribution in [3.05, 3.63) is 83.1 Å². The highest BCUT2D eigenvalue weighted by molar-refractivity contribution is 5.54. The first-order chi connectivity index (χ1) is 13.7. The number of rotatable bonds is 3. The zero-order valence-corrected chi connectivity index (χ0v) is 16.3. The number of aryl methyl sites for hydroxylation is 2. The summed E-state index contributed by atoms with van der Waals surface area (Å²) < 4.78 is 2.23. The molecule has 0 atom stereocenters. The molecular formula is C23H23N5. The minimum absolute atomic E-state index is 0.820. The van der Waals surface area contributed by atoms with Crippen LogP contribution in [0.3, 0.4) is 0 Å². The van der Waals surface area contributed by atoms with Crippen molar-refractivity contribution in [3.63, 3.8) is 0 Å². The molecule has 0 saturated carbocycles. The maximum absolute atomic E-state index is 4.84. The van der Waals surface area contributed by atoms with Crippen LogP contribution in [-0.4, -0.2) is 30.8 Å². The van der Waals surface area contributed by atoms with Crippen LogP contribution in [0.15, 0.2) is 54.9 Å². The summed E-state index contributed by atoms with van der Waals surface area (Å²) in [7, 11) is 0. The second kappa shape index (κ2) is 6.84. The summed E-state index contributed by atoms with van der Waals surface area (Å²) in [6.45, 7) is 6.98. The Kier molecular flexibility index (Phi) is 4.17. The van der Waals surface area contributed by atoms with Crippen molar-refractivity contribution in [1.82, 2.24) is 24.3 Å². The summed E-state index contributed by atoms with van der Waals surface area (Å²) in [5, 5.41) is 0. The third kappa shape index (κ3) is 3.08. The van der Waals surface area contributed by atoms with E-state index >= 15 is 0 Å². The highest BCUT2D eigenvalue weighted by atomic mass is 15.2. The van der Waals surface area contributed by atoms with Gasteiger partial charge in [-0.25, -0.2) is 15.0 Å². The lowest BCUT2D eigenvalue weighted by atomic mass is 10.1. The van der Waals surface area contributed by atoms with E-state index in [0.717, 1.165) is 48.8 Å². The van der Waals surface area contributed by atoms with Crippen molar-refractivity contribution < 1.29 is 0 Å². The summed E-state index contributed by atoms with van der Waals surface area (Å²) >= 11 is 0. The monoisotopic (exact) mass is 369 g/mol. The highest BCUT2D eigenvalue weighted by Gasteiger charge is 2.21. The third-order valence-corrected chi connectivity index (χ3v) is 5.48. The Morgan fingerprint density at radius 3 is 2.71 bits per heavy atom. The molecular weight excluding hydrogens is 346 g/mol. The van der Waals surface area contributed by atoms with Crippen LogP contribution < -0.4 is 0 Å². The molecule has 0 unspecified atom stereocenters. The number of pyridine rings is 1. The molecule has 5 nitrogen and oxygen atoms in total. The van der Waals surface area contributed by atoms with E-state index in [4.69, 9.17) is 9.97 Å². The van der Waals surface area contributed by atoms with E-state index in [1.807, 2.05) is 24.4 Å². The molecule has 4 heterocycles. The van der Waals surface area contributed by atoms with Gasteiger partial charge in [-0.15, -0.1) is 0 Å². The summed E-state index contributed by atoms with van der Waals surface area (Å²) in [5.41, 5.74) is 8.12. The first kappa shape index (κ1) is 17.1. The number of nitrogens with zero attached hydrogens (tertiary/aromatic N) is 5. The van der Waals surface area contributed by atoms with Gasteiger partial charge < -0.3 is 4.40 Å². The largest absolute Gasteiger partial charge is 0.302 e. The van der Waals surface area contributed by atoms with Gasteiger partial charge in [-0.2, -0.15) is 0 Å². The lowest BCUT2D eigenvalue weighted by Crippen LogP contribution is -2.31. The molecule has 4 aromatic rings. The smallest absolute Gasteiger partial charge is 0.159 e. The quantitative estimate of drug-likeness (QED) is 0.548. The summed E-state index contributed by atoms with van der Waals surface area (Å²) in [5.74, 6) is 0.820. The van der Waals surface area contributed by atoms with Crippen LogP contribution in [0.2, 0.25) is 0 Å². The maximum atomic E-state index is 4.84. The first-order valence-electron chi connectivity index (χ1n) is 9.74. The maximum Gasteiger partial charge on any atom is 0.159 e. The van der Waals surface area contributed by atoms with Crippen LogP contribution in [0.1, 0.15) is 28.2 Å². The fourth-order valence-corrected chi connectivity index (χ4v) is 3.96. The van der Waals surface area contributed by atoms with Crippen LogP contribution in [0.4, 0.5) is 0 Å². The SMILES string of the molecule is Cc1ccc2nc(C)c(CN3CCc4nc(-c5ccccc5)ncc4C3)n2c1. The molecule has 5 rings (SSSR count). The highest BCUT2D eigenvalue weighted by Crippen LogP contribution is 2.23. The summed E-state index contributed by atoms with van der Waals surface area (Å²) in [6.07, 6.45) is 5.13. The van der Waals surface area contributed by atoms with Gasteiger partial charge in [0.25, 0.3) is 0 Å². The van der Waals surface area contributed by atoms with Crippen LogP contribution in [-0.2, 0) is 19.5 Å². The van der Waals surface area contributed by atoms with Crippen LogP contribution in [0.5, 0.6) is 0 Å². The number of hydrogen-bond acceptors (Lipinski definition) is 4. The van der Waals surface area contributed by atoms with Gasteiger partial charge in [0.2, 0.25) is 0 Å². The van der Waals surface area contributed by atoms with E-state index in [9.17, 15) is 0 Å². The normalized spacial score (nSPS) is 14.4. The van der Waals surface area contributed by atoms with E-state index in [2.05, 4.69) is 58.6 Å². The van der Waals surface area contributed by atoms with Crippen molar-refractivity contribution in [2.75, 3.05) is 6.54 Å². The number of imidazole rings is 1. The second-order valence-corrected chi connectivity index (χ2v) is 7.57. The Morgan fingerprint density at radius 2 is 1.86 bits per heavy atom. The Labute approximate surface area is 164 Å². The Morgan fingerprint density at radius 1 is 1.00 bits per heavy atom. The molecule has 0 amide bonds. The number of hydrogen-bond donors (Lipinski definition) is 0. The van der Waals surface area contributed by atoms with Gasteiger partial charge in [0.1, 0.15) is 5.65 Å². The van der Waals surface area contributed by atoms with Gasteiger partial charge in [0.05, 0.1) is 17.1 Å². The molecule has 0 aliphatic carbocycles. The summed E-state index contributed by atoms with van der Waals surface area (Å²) in [4.78, 5) is 16.6. The van der Waals surface area contributed by atoms with Crippen molar-refractivity contribution in [1.29, 1.82) is 0 Å². The summed E-state index contributed by atoms with van der Waals surface area (Å²) in [6, 6.07) is 14.4. The first-order valence-corrected chi connectivity index (χ1v) is 9.74. The van der Waals surface area contributed by atoms with Crippen LogP contribution in [0.25, 0.3) is 17.0 Å². The lowest BCUT2D eigenvalue weighted by molar-refractivity contribution is 0.239. The van der Waals surface area contributed by atoms with Crippen molar-refractivity contribution in [2.24, 2.45) is 0 Å².